The van der Waals surface area contributed by atoms with E-state index in [2.05, 4.69) is 5.32 Å². The third-order valence-electron chi connectivity index (χ3n) is 3.14. The quantitative estimate of drug-likeness (QED) is 0.901. The van der Waals surface area contributed by atoms with E-state index in [1.807, 2.05) is 4.90 Å². The molecule has 1 aromatic carbocycles. The van der Waals surface area contributed by atoms with Crippen LogP contribution < -0.4 is 11.1 Å². The Kier molecular flexibility index (Phi) is 5.05. The molecule has 4 nitrogen and oxygen atoms in total. The smallest absolute Gasteiger partial charge is 0.238 e. The molecule has 1 saturated heterocycles. The van der Waals surface area contributed by atoms with E-state index in [4.69, 9.17) is 28.9 Å². The number of benzene rings is 1. The maximum Gasteiger partial charge on any atom is 0.238 e. The van der Waals surface area contributed by atoms with E-state index in [1.54, 1.807) is 18.2 Å². The van der Waals surface area contributed by atoms with Crippen LogP contribution in [0.3, 0.4) is 0 Å². The zero-order valence-corrected chi connectivity index (χ0v) is 12.0. The minimum atomic E-state index is -0.121. The predicted octanol–water partition coefficient (Wildman–Crippen LogP) is 2.36. The maximum absolute atomic E-state index is 12.0. The Morgan fingerprint density at radius 3 is 2.74 bits per heavy atom. The van der Waals surface area contributed by atoms with E-state index in [0.717, 1.165) is 25.9 Å². The molecule has 1 aromatic rings. The number of piperidine rings is 1. The van der Waals surface area contributed by atoms with Crippen molar-refractivity contribution in [3.8, 4) is 0 Å². The van der Waals surface area contributed by atoms with E-state index < -0.39 is 0 Å². The molecule has 1 aliphatic rings. The lowest BCUT2D eigenvalue weighted by atomic mass is 10.1. The van der Waals surface area contributed by atoms with Gasteiger partial charge in [0.1, 0.15) is 0 Å². The molecule has 6 heteroatoms. The van der Waals surface area contributed by atoms with Gasteiger partial charge in [0, 0.05) is 12.6 Å². The van der Waals surface area contributed by atoms with Crippen LogP contribution in [-0.4, -0.2) is 36.5 Å². The van der Waals surface area contributed by atoms with E-state index in [1.165, 1.54) is 0 Å². The number of likely N-dealkylation sites (tertiary alicyclic amines) is 1. The zero-order valence-electron chi connectivity index (χ0n) is 10.5. The molecule has 3 N–H and O–H groups in total. The number of carbonyl (C=O) groups excluding carboxylic acids is 1. The lowest BCUT2D eigenvalue weighted by molar-refractivity contribution is -0.117. The van der Waals surface area contributed by atoms with E-state index >= 15 is 0 Å². The van der Waals surface area contributed by atoms with Crippen LogP contribution in [0.1, 0.15) is 12.8 Å². The minimum absolute atomic E-state index is 0.121. The summed E-state index contributed by atoms with van der Waals surface area (Å²) in [5.41, 5.74) is 6.36. The lowest BCUT2D eigenvalue weighted by Crippen LogP contribution is -2.45. The lowest BCUT2D eigenvalue weighted by Gasteiger charge is -2.30. The van der Waals surface area contributed by atoms with Gasteiger partial charge in [0.15, 0.2) is 0 Å². The van der Waals surface area contributed by atoms with Gasteiger partial charge >= 0.3 is 0 Å². The molecule has 0 bridgehead atoms. The van der Waals surface area contributed by atoms with Gasteiger partial charge in [-0.3, -0.25) is 9.69 Å². The third kappa shape index (κ3) is 4.08. The average molecular weight is 302 g/mol. The standard InChI is InChI=1S/C13H17Cl2N3O/c14-10-4-1-5-11(15)13(10)17-12(19)8-18-6-2-3-9(16)7-18/h1,4-5,9H,2-3,6-8,16H2,(H,17,19)/t9-/m1/s1. The van der Waals surface area contributed by atoms with Crippen molar-refractivity contribution in [2.24, 2.45) is 5.73 Å². The van der Waals surface area contributed by atoms with Crippen molar-refractivity contribution in [1.29, 1.82) is 0 Å². The topological polar surface area (TPSA) is 58.4 Å². The number of nitrogens with zero attached hydrogens (tertiary/aromatic N) is 1. The Bertz CT molecular complexity index is 447. The molecule has 1 aliphatic heterocycles. The minimum Gasteiger partial charge on any atom is -0.327 e. The Balaban J connectivity index is 1.94. The second-order valence-electron chi connectivity index (χ2n) is 4.78. The first-order valence-corrected chi connectivity index (χ1v) is 7.03. The SMILES string of the molecule is N[C@@H]1CCCN(CC(=O)Nc2c(Cl)cccc2Cl)C1. The van der Waals surface area contributed by atoms with Crippen molar-refractivity contribution < 1.29 is 4.79 Å². The number of nitrogens with two attached hydrogens (primary N) is 1. The molecular formula is C13H17Cl2N3O. The second-order valence-corrected chi connectivity index (χ2v) is 5.60. The number of anilines is 1. The van der Waals surface area contributed by atoms with Crippen LogP contribution >= 0.6 is 23.2 Å². The molecule has 2 rings (SSSR count). The fourth-order valence-corrected chi connectivity index (χ4v) is 2.73. The van der Waals surface area contributed by atoms with Crippen molar-refractivity contribution in [1.82, 2.24) is 4.90 Å². The van der Waals surface area contributed by atoms with Gasteiger partial charge in [-0.2, -0.15) is 0 Å². The first kappa shape index (κ1) is 14.6. The summed E-state index contributed by atoms with van der Waals surface area (Å²) in [7, 11) is 0. The van der Waals surface area contributed by atoms with Gasteiger partial charge in [0.05, 0.1) is 22.3 Å². The first-order valence-electron chi connectivity index (χ1n) is 6.28. The van der Waals surface area contributed by atoms with Crippen LogP contribution in [0.15, 0.2) is 18.2 Å². The van der Waals surface area contributed by atoms with Gasteiger partial charge in [-0.1, -0.05) is 29.3 Å². The highest BCUT2D eigenvalue weighted by molar-refractivity contribution is 6.39. The van der Waals surface area contributed by atoms with Gasteiger partial charge in [-0.25, -0.2) is 0 Å². The third-order valence-corrected chi connectivity index (χ3v) is 3.77. The van der Waals surface area contributed by atoms with Gasteiger partial charge < -0.3 is 11.1 Å². The molecule has 1 fully saturated rings. The molecule has 104 valence electrons. The van der Waals surface area contributed by atoms with Crippen LogP contribution in [0.5, 0.6) is 0 Å². The first-order chi connectivity index (χ1) is 9.06. The molecule has 0 spiro atoms. The summed E-state index contributed by atoms with van der Waals surface area (Å²) >= 11 is 12.0. The molecule has 0 aromatic heterocycles. The number of halogens is 2. The zero-order chi connectivity index (χ0) is 13.8. The Morgan fingerprint density at radius 2 is 2.11 bits per heavy atom. The highest BCUT2D eigenvalue weighted by Crippen LogP contribution is 2.29. The number of para-hydroxylation sites is 1. The molecular weight excluding hydrogens is 285 g/mol. The molecule has 1 amide bonds. The molecule has 0 aliphatic carbocycles. The normalized spacial score (nSPS) is 20.3. The number of amides is 1. The molecule has 0 radical (unpaired) electrons. The van der Waals surface area contributed by atoms with Gasteiger partial charge in [0.2, 0.25) is 5.91 Å². The summed E-state index contributed by atoms with van der Waals surface area (Å²) in [5, 5.41) is 3.64. The number of hydrogen-bond donors (Lipinski definition) is 2. The van der Waals surface area contributed by atoms with Crippen molar-refractivity contribution >= 4 is 34.8 Å². The average Bonchev–Trinajstić information content (AvgIpc) is 2.34. The summed E-state index contributed by atoms with van der Waals surface area (Å²) in [5.74, 6) is -0.121. The second kappa shape index (κ2) is 6.57. The summed E-state index contributed by atoms with van der Waals surface area (Å²) in [6, 6.07) is 5.29. The predicted molar refractivity (Wildman–Crippen MR) is 78.7 cm³/mol. The largest absolute Gasteiger partial charge is 0.327 e. The monoisotopic (exact) mass is 301 g/mol. The Morgan fingerprint density at radius 1 is 1.42 bits per heavy atom. The number of hydrogen-bond acceptors (Lipinski definition) is 3. The van der Waals surface area contributed by atoms with Crippen LogP contribution in [0, 0.1) is 0 Å². The highest BCUT2D eigenvalue weighted by Gasteiger charge is 2.19. The van der Waals surface area contributed by atoms with E-state index in [0.29, 0.717) is 22.3 Å². The van der Waals surface area contributed by atoms with Crippen LogP contribution in [0.2, 0.25) is 10.0 Å². The summed E-state index contributed by atoms with van der Waals surface area (Å²) < 4.78 is 0. The summed E-state index contributed by atoms with van der Waals surface area (Å²) in [6.07, 6.45) is 2.05. The van der Waals surface area contributed by atoms with Crippen molar-refractivity contribution in [2.45, 2.75) is 18.9 Å². The maximum atomic E-state index is 12.0. The molecule has 1 heterocycles. The number of rotatable bonds is 3. The van der Waals surface area contributed by atoms with Crippen LogP contribution in [-0.2, 0) is 4.79 Å². The summed E-state index contributed by atoms with van der Waals surface area (Å²) in [4.78, 5) is 14.0. The van der Waals surface area contributed by atoms with Gasteiger partial charge in [-0.15, -0.1) is 0 Å². The fourth-order valence-electron chi connectivity index (χ4n) is 2.23. The van der Waals surface area contributed by atoms with Crippen molar-refractivity contribution in [3.05, 3.63) is 28.2 Å². The number of nitrogens with one attached hydrogen (secondary N) is 1. The molecule has 0 unspecified atom stereocenters. The summed E-state index contributed by atoms with van der Waals surface area (Å²) in [6.45, 7) is 1.97. The van der Waals surface area contributed by atoms with E-state index in [-0.39, 0.29) is 11.9 Å². The van der Waals surface area contributed by atoms with Crippen LogP contribution in [0.4, 0.5) is 5.69 Å². The number of carbonyl (C=O) groups is 1. The van der Waals surface area contributed by atoms with Gasteiger partial charge in [0.25, 0.3) is 0 Å². The van der Waals surface area contributed by atoms with E-state index in [9.17, 15) is 4.79 Å². The Hall–Kier alpha value is -0.810. The molecule has 0 saturated carbocycles. The molecule has 1 atom stereocenters. The van der Waals surface area contributed by atoms with Crippen LogP contribution in [0.25, 0.3) is 0 Å². The fraction of sp³-hybridized carbons (Fsp3) is 0.462. The molecule has 19 heavy (non-hydrogen) atoms. The van der Waals surface area contributed by atoms with Crippen molar-refractivity contribution in [3.63, 3.8) is 0 Å². The Labute approximate surface area is 122 Å². The van der Waals surface area contributed by atoms with Gasteiger partial charge in [-0.05, 0) is 31.5 Å². The van der Waals surface area contributed by atoms with Crippen molar-refractivity contribution in [2.75, 3.05) is 25.0 Å². The highest BCUT2D eigenvalue weighted by atomic mass is 35.5.